The quantitative estimate of drug-likeness (QED) is 0.790. The van der Waals surface area contributed by atoms with E-state index in [2.05, 4.69) is 20.8 Å². The Morgan fingerprint density at radius 2 is 2.25 bits per heavy atom. The number of urea groups is 1. The van der Waals surface area contributed by atoms with Crippen LogP contribution in [0.5, 0.6) is 0 Å². The summed E-state index contributed by atoms with van der Waals surface area (Å²) in [7, 11) is 0. The smallest absolute Gasteiger partial charge is 0.324 e. The summed E-state index contributed by atoms with van der Waals surface area (Å²) in [5.41, 5.74) is 0.308. The minimum atomic E-state index is -0.469. The Morgan fingerprint density at radius 3 is 2.96 bits per heavy atom. The Hall–Kier alpha value is -2.20. The Morgan fingerprint density at radius 1 is 1.46 bits per heavy atom. The van der Waals surface area contributed by atoms with Crippen molar-refractivity contribution in [3.8, 4) is 0 Å². The van der Waals surface area contributed by atoms with Crippen LogP contribution in [0.2, 0.25) is 0 Å². The van der Waals surface area contributed by atoms with E-state index >= 15 is 0 Å². The summed E-state index contributed by atoms with van der Waals surface area (Å²) in [5.74, 6) is -0.653. The van der Waals surface area contributed by atoms with Gasteiger partial charge in [-0.3, -0.25) is 9.69 Å². The fourth-order valence-corrected chi connectivity index (χ4v) is 4.06. The van der Waals surface area contributed by atoms with Crippen molar-refractivity contribution in [1.82, 2.24) is 20.4 Å². The number of nitrogens with one attached hydrogen (secondary N) is 2. The largest absolute Gasteiger partial charge is 0.336 e. The first-order chi connectivity index (χ1) is 11.5. The van der Waals surface area contributed by atoms with Crippen LogP contribution < -0.4 is 10.6 Å². The van der Waals surface area contributed by atoms with Crippen molar-refractivity contribution in [3.05, 3.63) is 30.1 Å². The van der Waals surface area contributed by atoms with Crippen LogP contribution in [0.25, 0.3) is 0 Å². The number of imide groups is 1. The number of thioether (sulfide) groups is 1. The molecule has 2 aromatic rings. The van der Waals surface area contributed by atoms with Gasteiger partial charge >= 0.3 is 6.03 Å². The van der Waals surface area contributed by atoms with Crippen LogP contribution in [0.4, 0.5) is 20.0 Å². The second kappa shape index (κ2) is 7.14. The highest BCUT2D eigenvalue weighted by atomic mass is 32.2. The summed E-state index contributed by atoms with van der Waals surface area (Å²) in [6.45, 7) is 2.56. The van der Waals surface area contributed by atoms with Gasteiger partial charge in [0.15, 0.2) is 4.34 Å². The van der Waals surface area contributed by atoms with Crippen molar-refractivity contribution in [1.29, 1.82) is 0 Å². The van der Waals surface area contributed by atoms with Gasteiger partial charge < -0.3 is 10.6 Å². The maximum atomic E-state index is 13.6. The van der Waals surface area contributed by atoms with Gasteiger partial charge in [0.05, 0.1) is 10.9 Å². The van der Waals surface area contributed by atoms with Gasteiger partial charge in [0.1, 0.15) is 5.82 Å². The number of halogens is 1. The Bertz CT molecular complexity index is 769. The number of anilines is 2. The van der Waals surface area contributed by atoms with E-state index in [0.717, 1.165) is 0 Å². The van der Waals surface area contributed by atoms with Crippen LogP contribution in [0, 0.1) is 5.82 Å². The molecule has 1 aliphatic rings. The van der Waals surface area contributed by atoms with Crippen LogP contribution in [-0.2, 0) is 4.79 Å². The summed E-state index contributed by atoms with van der Waals surface area (Å²) in [6.07, 6.45) is 0. The van der Waals surface area contributed by atoms with Gasteiger partial charge in [-0.2, -0.15) is 0 Å². The number of rotatable bonds is 5. The van der Waals surface area contributed by atoms with Crippen LogP contribution in [0.3, 0.4) is 0 Å². The van der Waals surface area contributed by atoms with Crippen molar-refractivity contribution in [3.63, 3.8) is 0 Å². The second-order valence-corrected chi connectivity index (χ2v) is 7.53. The number of carbonyl (C=O) groups excluding carboxylic acids is 2. The van der Waals surface area contributed by atoms with Crippen LogP contribution in [0.15, 0.2) is 28.6 Å². The molecular formula is C14H14FN5O2S2. The molecule has 0 saturated carbocycles. The van der Waals surface area contributed by atoms with E-state index in [1.54, 1.807) is 25.1 Å². The van der Waals surface area contributed by atoms with Crippen molar-refractivity contribution in [2.45, 2.75) is 16.5 Å². The van der Waals surface area contributed by atoms with Gasteiger partial charge in [-0.05, 0) is 19.1 Å². The van der Waals surface area contributed by atoms with Crippen molar-refractivity contribution in [2.24, 2.45) is 0 Å². The van der Waals surface area contributed by atoms with Gasteiger partial charge in [-0.25, -0.2) is 9.18 Å². The molecule has 1 atom stereocenters. The molecule has 126 valence electrons. The molecule has 3 amide bonds. The third kappa shape index (κ3) is 3.65. The summed E-state index contributed by atoms with van der Waals surface area (Å²) in [4.78, 5) is 25.0. The van der Waals surface area contributed by atoms with E-state index in [0.29, 0.717) is 28.2 Å². The molecular weight excluding hydrogens is 353 g/mol. The number of hydrogen-bond donors (Lipinski definition) is 2. The number of amides is 3. The Balaban J connectivity index is 1.62. The zero-order chi connectivity index (χ0) is 17.1. The summed E-state index contributed by atoms with van der Waals surface area (Å²) < 4.78 is 14.2. The standard InChI is InChI=1S/C14H14FN5O2S2/c1-8(11(21)20-7-6-16-13(20)22)23-14-19-18-12(24-14)17-10-5-3-2-4-9(10)15/h2-5,8H,6-7H2,1H3,(H,16,22)(H,17,18). The van der Waals surface area contributed by atoms with E-state index in [-0.39, 0.29) is 17.8 Å². The zero-order valence-electron chi connectivity index (χ0n) is 12.7. The van der Waals surface area contributed by atoms with Crippen LogP contribution >= 0.6 is 23.1 Å². The molecule has 3 rings (SSSR count). The highest BCUT2D eigenvalue weighted by Gasteiger charge is 2.30. The lowest BCUT2D eigenvalue weighted by molar-refractivity contribution is -0.126. The van der Waals surface area contributed by atoms with Crippen LogP contribution in [0.1, 0.15) is 6.92 Å². The number of benzene rings is 1. The maximum Gasteiger partial charge on any atom is 0.324 e. The minimum Gasteiger partial charge on any atom is -0.336 e. The molecule has 1 aliphatic heterocycles. The average molecular weight is 367 g/mol. The van der Waals surface area contributed by atoms with Gasteiger partial charge in [-0.1, -0.05) is 35.2 Å². The third-order valence-electron chi connectivity index (χ3n) is 3.27. The van der Waals surface area contributed by atoms with E-state index in [1.807, 2.05) is 0 Å². The first-order valence-electron chi connectivity index (χ1n) is 7.15. The molecule has 0 bridgehead atoms. The van der Waals surface area contributed by atoms with E-state index in [1.165, 1.54) is 34.1 Å². The highest BCUT2D eigenvalue weighted by molar-refractivity contribution is 8.02. The number of para-hydroxylation sites is 1. The Kier molecular flexibility index (Phi) is 4.95. The van der Waals surface area contributed by atoms with Gasteiger partial charge in [0.25, 0.3) is 0 Å². The molecule has 2 heterocycles. The lowest BCUT2D eigenvalue weighted by atomic mass is 10.3. The molecule has 10 heteroatoms. The summed E-state index contributed by atoms with van der Waals surface area (Å²) in [5, 5.41) is 13.3. The van der Waals surface area contributed by atoms with Gasteiger partial charge in [-0.15, -0.1) is 10.2 Å². The second-order valence-electron chi connectivity index (χ2n) is 4.96. The lowest BCUT2D eigenvalue weighted by Gasteiger charge is -2.16. The third-order valence-corrected chi connectivity index (χ3v) is 5.28. The average Bonchev–Trinajstić information content (AvgIpc) is 3.18. The van der Waals surface area contributed by atoms with Crippen molar-refractivity contribution >= 4 is 45.9 Å². The first-order valence-corrected chi connectivity index (χ1v) is 8.85. The SMILES string of the molecule is CC(Sc1nnc(Nc2ccccc2F)s1)C(=O)N1CCNC1=O. The lowest BCUT2D eigenvalue weighted by Crippen LogP contribution is -2.38. The minimum absolute atomic E-state index is 0.270. The zero-order valence-corrected chi connectivity index (χ0v) is 14.3. The highest BCUT2D eigenvalue weighted by Crippen LogP contribution is 2.31. The molecule has 0 radical (unpaired) electrons. The predicted octanol–water partition coefficient (Wildman–Crippen LogP) is 2.45. The molecule has 1 unspecified atom stereocenters. The topological polar surface area (TPSA) is 87.2 Å². The van der Waals surface area contributed by atoms with Gasteiger partial charge in [0.2, 0.25) is 11.0 Å². The predicted molar refractivity (Wildman–Crippen MR) is 90.0 cm³/mol. The first kappa shape index (κ1) is 16.7. The molecule has 2 N–H and O–H groups in total. The van der Waals surface area contributed by atoms with Crippen molar-refractivity contribution in [2.75, 3.05) is 18.4 Å². The van der Waals surface area contributed by atoms with Crippen LogP contribution in [-0.4, -0.2) is 45.4 Å². The maximum absolute atomic E-state index is 13.6. The van der Waals surface area contributed by atoms with E-state index < -0.39 is 5.25 Å². The fourth-order valence-electron chi connectivity index (χ4n) is 2.09. The summed E-state index contributed by atoms with van der Waals surface area (Å²) in [6, 6.07) is 5.89. The molecule has 7 nitrogen and oxygen atoms in total. The number of carbonyl (C=O) groups is 2. The normalized spacial score (nSPS) is 15.2. The number of hydrogen-bond acceptors (Lipinski definition) is 7. The monoisotopic (exact) mass is 367 g/mol. The van der Waals surface area contributed by atoms with E-state index in [4.69, 9.17) is 0 Å². The van der Waals surface area contributed by atoms with Crippen molar-refractivity contribution < 1.29 is 14.0 Å². The molecule has 24 heavy (non-hydrogen) atoms. The molecule has 0 aliphatic carbocycles. The Labute approximate surface area is 145 Å². The molecule has 1 aromatic heterocycles. The molecule has 0 spiro atoms. The molecule has 1 saturated heterocycles. The fraction of sp³-hybridized carbons (Fsp3) is 0.286. The van der Waals surface area contributed by atoms with Gasteiger partial charge in [0, 0.05) is 13.1 Å². The molecule has 1 fully saturated rings. The van der Waals surface area contributed by atoms with E-state index in [9.17, 15) is 14.0 Å². The molecule has 1 aromatic carbocycles. The number of nitrogens with zero attached hydrogens (tertiary/aromatic N) is 3. The number of aromatic nitrogens is 2. The summed E-state index contributed by atoms with van der Waals surface area (Å²) >= 11 is 2.43.